The third-order valence-corrected chi connectivity index (χ3v) is 5.94. The molecule has 2 atom stereocenters. The molecular formula is C23H28N4O2. The van der Waals surface area contributed by atoms with Crippen LogP contribution in [0.25, 0.3) is 0 Å². The Kier molecular flexibility index (Phi) is 5.79. The van der Waals surface area contributed by atoms with Crippen LogP contribution in [0.15, 0.2) is 48.8 Å². The molecule has 1 saturated carbocycles. The van der Waals surface area contributed by atoms with E-state index in [2.05, 4.69) is 39.6 Å². The average molecular weight is 393 g/mol. The van der Waals surface area contributed by atoms with Gasteiger partial charge in [-0.2, -0.15) is 0 Å². The van der Waals surface area contributed by atoms with Crippen molar-refractivity contribution in [2.75, 3.05) is 23.3 Å². The van der Waals surface area contributed by atoms with Gasteiger partial charge >= 0.3 is 0 Å². The molecule has 1 aliphatic carbocycles. The third-order valence-electron chi connectivity index (χ3n) is 5.94. The molecule has 152 valence electrons. The molecule has 2 fully saturated rings. The van der Waals surface area contributed by atoms with E-state index in [9.17, 15) is 9.59 Å². The van der Waals surface area contributed by atoms with Gasteiger partial charge in [-0.1, -0.05) is 13.0 Å². The second-order valence-corrected chi connectivity index (χ2v) is 8.23. The van der Waals surface area contributed by atoms with Gasteiger partial charge in [-0.05, 0) is 61.1 Å². The van der Waals surface area contributed by atoms with Gasteiger partial charge in [0.15, 0.2) is 0 Å². The molecule has 1 aliphatic heterocycles. The second kappa shape index (κ2) is 8.64. The van der Waals surface area contributed by atoms with E-state index in [1.165, 1.54) is 18.5 Å². The van der Waals surface area contributed by atoms with Crippen LogP contribution < -0.4 is 15.5 Å². The molecule has 1 saturated heterocycles. The molecule has 0 spiro atoms. The molecule has 2 aliphatic rings. The van der Waals surface area contributed by atoms with Crippen molar-refractivity contribution in [1.29, 1.82) is 0 Å². The number of benzene rings is 1. The van der Waals surface area contributed by atoms with Gasteiger partial charge in [0, 0.05) is 43.4 Å². The molecule has 2 aromatic rings. The van der Waals surface area contributed by atoms with E-state index >= 15 is 0 Å². The average Bonchev–Trinajstić information content (AvgIpc) is 3.55. The van der Waals surface area contributed by atoms with Gasteiger partial charge in [-0.15, -0.1) is 0 Å². The fourth-order valence-corrected chi connectivity index (χ4v) is 3.85. The number of rotatable bonds is 6. The molecule has 6 heteroatoms. The summed E-state index contributed by atoms with van der Waals surface area (Å²) in [5.41, 5.74) is 2.94. The summed E-state index contributed by atoms with van der Waals surface area (Å²) in [5, 5.41) is 5.84. The van der Waals surface area contributed by atoms with Crippen molar-refractivity contribution in [3.05, 3.63) is 54.4 Å². The third kappa shape index (κ3) is 4.94. The smallest absolute Gasteiger partial charge is 0.228 e. The molecule has 2 heterocycles. The predicted octanol–water partition coefficient (Wildman–Crippen LogP) is 3.21. The van der Waals surface area contributed by atoms with Crippen LogP contribution in [0.3, 0.4) is 0 Å². The minimum atomic E-state index is -0.243. The number of piperidine rings is 1. The Morgan fingerprint density at radius 1 is 1.07 bits per heavy atom. The van der Waals surface area contributed by atoms with Crippen LogP contribution in [-0.2, 0) is 16.1 Å². The minimum Gasteiger partial charge on any atom is -0.372 e. The molecule has 4 rings (SSSR count). The lowest BCUT2D eigenvalue weighted by atomic mass is 9.99. The maximum absolute atomic E-state index is 12.5. The molecule has 29 heavy (non-hydrogen) atoms. The normalized spacial score (nSPS) is 21.5. The number of hydrogen-bond donors (Lipinski definition) is 2. The Bertz CT molecular complexity index is 845. The van der Waals surface area contributed by atoms with Crippen molar-refractivity contribution in [3.63, 3.8) is 0 Å². The summed E-state index contributed by atoms with van der Waals surface area (Å²) in [6.45, 7) is 4.92. The van der Waals surface area contributed by atoms with Gasteiger partial charge in [-0.3, -0.25) is 14.6 Å². The predicted molar refractivity (Wildman–Crippen MR) is 113 cm³/mol. The lowest BCUT2D eigenvalue weighted by Gasteiger charge is -2.32. The number of nitrogens with one attached hydrogen (secondary N) is 2. The fraction of sp³-hybridized carbons (Fsp3) is 0.435. The first-order valence-electron chi connectivity index (χ1n) is 10.4. The highest BCUT2D eigenvalue weighted by Gasteiger charge is 2.47. The van der Waals surface area contributed by atoms with Crippen LogP contribution in [-0.4, -0.2) is 29.9 Å². The quantitative estimate of drug-likeness (QED) is 0.792. The number of carbonyl (C=O) groups is 2. The van der Waals surface area contributed by atoms with E-state index in [4.69, 9.17) is 0 Å². The van der Waals surface area contributed by atoms with Crippen molar-refractivity contribution in [2.24, 2.45) is 17.8 Å². The second-order valence-electron chi connectivity index (χ2n) is 8.23. The summed E-state index contributed by atoms with van der Waals surface area (Å²) in [7, 11) is 0. The number of carbonyl (C=O) groups excluding carboxylic acids is 2. The number of amides is 2. The van der Waals surface area contributed by atoms with E-state index in [-0.39, 0.29) is 23.7 Å². The van der Waals surface area contributed by atoms with Gasteiger partial charge in [0.1, 0.15) is 0 Å². The molecule has 0 bridgehead atoms. The SMILES string of the molecule is CC1CCN(c2ccc(NC(=O)C3CC3C(=O)NCc3cccnc3)cc2)CC1. The number of nitrogens with zero attached hydrogens (tertiary/aromatic N) is 2. The molecule has 2 amide bonds. The highest BCUT2D eigenvalue weighted by Crippen LogP contribution is 2.39. The molecule has 0 radical (unpaired) electrons. The minimum absolute atomic E-state index is 0.0660. The van der Waals surface area contributed by atoms with Gasteiger partial charge in [0.2, 0.25) is 11.8 Å². The number of anilines is 2. The first-order chi connectivity index (χ1) is 14.1. The van der Waals surface area contributed by atoms with E-state index < -0.39 is 0 Å². The monoisotopic (exact) mass is 392 g/mol. The van der Waals surface area contributed by atoms with Crippen LogP contribution in [0, 0.1) is 17.8 Å². The fourth-order valence-electron chi connectivity index (χ4n) is 3.85. The van der Waals surface area contributed by atoms with Crippen molar-refractivity contribution < 1.29 is 9.59 Å². The molecule has 6 nitrogen and oxygen atoms in total. The standard InChI is InChI=1S/C23H28N4O2/c1-16-8-11-27(12-9-16)19-6-4-18(5-7-19)26-23(29)21-13-20(21)22(28)25-15-17-3-2-10-24-14-17/h2-7,10,14,16,20-21H,8-9,11-13,15H2,1H3,(H,25,28)(H,26,29). The number of aromatic nitrogens is 1. The summed E-state index contributed by atoms with van der Waals surface area (Å²) < 4.78 is 0. The number of hydrogen-bond acceptors (Lipinski definition) is 4. The lowest BCUT2D eigenvalue weighted by Crippen LogP contribution is -2.32. The van der Waals surface area contributed by atoms with E-state index in [1.54, 1.807) is 12.4 Å². The largest absolute Gasteiger partial charge is 0.372 e. The Balaban J connectivity index is 1.24. The maximum Gasteiger partial charge on any atom is 0.228 e. The zero-order valence-electron chi connectivity index (χ0n) is 16.8. The first kappa shape index (κ1) is 19.4. The van der Waals surface area contributed by atoms with Crippen molar-refractivity contribution in [1.82, 2.24) is 10.3 Å². The van der Waals surface area contributed by atoms with E-state index in [0.717, 1.165) is 30.3 Å². The summed E-state index contributed by atoms with van der Waals surface area (Å²) >= 11 is 0. The van der Waals surface area contributed by atoms with Gasteiger partial charge < -0.3 is 15.5 Å². The summed E-state index contributed by atoms with van der Waals surface area (Å²) in [6, 6.07) is 11.8. The molecular weight excluding hydrogens is 364 g/mol. The molecule has 1 aromatic carbocycles. The molecule has 2 unspecified atom stereocenters. The summed E-state index contributed by atoms with van der Waals surface area (Å²) in [6.07, 6.45) is 6.49. The van der Waals surface area contributed by atoms with Crippen molar-refractivity contribution in [2.45, 2.75) is 32.7 Å². The van der Waals surface area contributed by atoms with Gasteiger partial charge in [0.25, 0.3) is 0 Å². The number of pyridine rings is 1. The first-order valence-corrected chi connectivity index (χ1v) is 10.4. The Hall–Kier alpha value is -2.89. The van der Waals surface area contributed by atoms with Gasteiger partial charge in [0.05, 0.1) is 11.8 Å². The van der Waals surface area contributed by atoms with Crippen LogP contribution in [0.1, 0.15) is 31.7 Å². The van der Waals surface area contributed by atoms with Crippen molar-refractivity contribution in [3.8, 4) is 0 Å². The lowest BCUT2D eigenvalue weighted by molar-refractivity contribution is -0.125. The molecule has 2 N–H and O–H groups in total. The van der Waals surface area contributed by atoms with Crippen LogP contribution >= 0.6 is 0 Å². The summed E-state index contributed by atoms with van der Waals surface area (Å²) in [5.74, 6) is 0.182. The van der Waals surface area contributed by atoms with E-state index in [1.807, 2.05) is 24.3 Å². The zero-order valence-corrected chi connectivity index (χ0v) is 16.8. The highest BCUT2D eigenvalue weighted by atomic mass is 16.2. The maximum atomic E-state index is 12.5. The molecule has 1 aromatic heterocycles. The van der Waals surface area contributed by atoms with Crippen LogP contribution in [0.2, 0.25) is 0 Å². The van der Waals surface area contributed by atoms with Crippen LogP contribution in [0.4, 0.5) is 11.4 Å². The van der Waals surface area contributed by atoms with Crippen LogP contribution in [0.5, 0.6) is 0 Å². The topological polar surface area (TPSA) is 74.3 Å². The summed E-state index contributed by atoms with van der Waals surface area (Å²) in [4.78, 5) is 31.2. The Morgan fingerprint density at radius 2 is 1.79 bits per heavy atom. The Morgan fingerprint density at radius 3 is 2.48 bits per heavy atom. The van der Waals surface area contributed by atoms with Crippen molar-refractivity contribution >= 4 is 23.2 Å². The van der Waals surface area contributed by atoms with Gasteiger partial charge in [-0.25, -0.2) is 0 Å². The Labute approximate surface area is 171 Å². The van der Waals surface area contributed by atoms with E-state index in [0.29, 0.717) is 13.0 Å². The highest BCUT2D eigenvalue weighted by molar-refractivity contribution is 5.99. The zero-order chi connectivity index (χ0) is 20.2.